The van der Waals surface area contributed by atoms with E-state index >= 15 is 0 Å². The molecule has 0 aliphatic heterocycles. The Labute approximate surface area is 113 Å². The average Bonchev–Trinajstić information content (AvgIpc) is 2.24. The van der Waals surface area contributed by atoms with Gasteiger partial charge < -0.3 is 4.43 Å². The van der Waals surface area contributed by atoms with Gasteiger partial charge in [0.25, 0.3) is 0 Å². The SMILES string of the molecule is C/C(=C(/O[Si](C)(C)C)C(C)(C)C)c1ccccc1. The molecule has 0 aliphatic rings. The van der Waals surface area contributed by atoms with E-state index in [1.54, 1.807) is 0 Å². The van der Waals surface area contributed by atoms with Crippen molar-refractivity contribution in [3.63, 3.8) is 0 Å². The van der Waals surface area contributed by atoms with Gasteiger partial charge in [-0.25, -0.2) is 0 Å². The summed E-state index contributed by atoms with van der Waals surface area (Å²) in [6.07, 6.45) is 0. The highest BCUT2D eigenvalue weighted by Gasteiger charge is 2.27. The Bertz CT molecular complexity index is 419. The van der Waals surface area contributed by atoms with E-state index in [1.807, 2.05) is 6.07 Å². The van der Waals surface area contributed by atoms with Crippen LogP contribution in [0.2, 0.25) is 19.6 Å². The summed E-state index contributed by atoms with van der Waals surface area (Å²) in [5.41, 5.74) is 2.55. The average molecular weight is 262 g/mol. The molecule has 100 valence electrons. The van der Waals surface area contributed by atoms with Crippen molar-refractivity contribution in [3.05, 3.63) is 41.7 Å². The molecule has 0 saturated carbocycles. The number of benzene rings is 1. The monoisotopic (exact) mass is 262 g/mol. The van der Waals surface area contributed by atoms with Crippen LogP contribution in [0, 0.1) is 5.41 Å². The Kier molecular flexibility index (Phi) is 4.44. The van der Waals surface area contributed by atoms with Gasteiger partial charge in [0.2, 0.25) is 8.32 Å². The number of hydrogen-bond donors (Lipinski definition) is 0. The third-order valence-corrected chi connectivity index (χ3v) is 3.45. The minimum atomic E-state index is -1.58. The van der Waals surface area contributed by atoms with E-state index in [9.17, 15) is 0 Å². The molecule has 0 atom stereocenters. The lowest BCUT2D eigenvalue weighted by Crippen LogP contribution is -2.29. The molecule has 0 radical (unpaired) electrons. The van der Waals surface area contributed by atoms with E-state index in [-0.39, 0.29) is 5.41 Å². The lowest BCUT2D eigenvalue weighted by molar-refractivity contribution is 0.291. The van der Waals surface area contributed by atoms with Crippen LogP contribution in [0.15, 0.2) is 36.1 Å². The Morgan fingerprint density at radius 1 is 1.00 bits per heavy atom. The molecule has 0 heterocycles. The first-order valence-corrected chi connectivity index (χ1v) is 9.98. The highest BCUT2D eigenvalue weighted by Crippen LogP contribution is 2.35. The van der Waals surface area contributed by atoms with Gasteiger partial charge in [0, 0.05) is 5.41 Å². The first kappa shape index (κ1) is 15.0. The van der Waals surface area contributed by atoms with Crippen LogP contribution in [0.3, 0.4) is 0 Å². The van der Waals surface area contributed by atoms with Crippen molar-refractivity contribution in [1.82, 2.24) is 0 Å². The van der Waals surface area contributed by atoms with Gasteiger partial charge >= 0.3 is 0 Å². The zero-order valence-electron chi connectivity index (χ0n) is 12.8. The smallest absolute Gasteiger partial charge is 0.241 e. The highest BCUT2D eigenvalue weighted by atomic mass is 28.4. The molecule has 1 aromatic carbocycles. The van der Waals surface area contributed by atoms with Crippen LogP contribution in [0.1, 0.15) is 33.3 Å². The lowest BCUT2D eigenvalue weighted by Gasteiger charge is -2.32. The predicted octanol–water partition coefficient (Wildman–Crippen LogP) is 5.32. The van der Waals surface area contributed by atoms with E-state index in [1.165, 1.54) is 11.1 Å². The summed E-state index contributed by atoms with van der Waals surface area (Å²) in [5, 5.41) is 0. The molecule has 18 heavy (non-hydrogen) atoms. The first-order chi connectivity index (χ1) is 8.11. The van der Waals surface area contributed by atoms with Crippen molar-refractivity contribution in [2.45, 2.75) is 47.3 Å². The molecule has 0 aromatic heterocycles. The van der Waals surface area contributed by atoms with E-state index in [2.05, 4.69) is 71.6 Å². The molecule has 1 aromatic rings. The van der Waals surface area contributed by atoms with Crippen LogP contribution in [-0.2, 0) is 4.43 Å². The Morgan fingerprint density at radius 3 is 1.89 bits per heavy atom. The molecule has 0 unspecified atom stereocenters. The molecule has 1 rings (SSSR count). The van der Waals surface area contributed by atoms with E-state index in [0.29, 0.717) is 0 Å². The van der Waals surface area contributed by atoms with Crippen LogP contribution in [0.4, 0.5) is 0 Å². The van der Waals surface area contributed by atoms with Crippen LogP contribution >= 0.6 is 0 Å². The predicted molar refractivity (Wildman–Crippen MR) is 82.9 cm³/mol. The van der Waals surface area contributed by atoms with Crippen molar-refractivity contribution < 1.29 is 4.43 Å². The second-order valence-corrected chi connectivity index (χ2v) is 11.2. The molecular weight excluding hydrogens is 236 g/mol. The van der Waals surface area contributed by atoms with Crippen LogP contribution in [0.5, 0.6) is 0 Å². The molecule has 0 fully saturated rings. The number of allylic oxidation sites excluding steroid dienone is 2. The van der Waals surface area contributed by atoms with Crippen molar-refractivity contribution >= 4 is 13.9 Å². The molecule has 0 saturated heterocycles. The Balaban J connectivity index is 3.25. The van der Waals surface area contributed by atoms with Crippen LogP contribution < -0.4 is 0 Å². The third kappa shape index (κ3) is 4.34. The maximum absolute atomic E-state index is 6.34. The summed E-state index contributed by atoms with van der Waals surface area (Å²) in [6, 6.07) is 10.5. The largest absolute Gasteiger partial charge is 0.547 e. The van der Waals surface area contributed by atoms with Crippen molar-refractivity contribution in [1.29, 1.82) is 0 Å². The van der Waals surface area contributed by atoms with E-state index in [0.717, 1.165) is 5.76 Å². The molecule has 1 nitrogen and oxygen atoms in total. The van der Waals surface area contributed by atoms with Gasteiger partial charge in [-0.05, 0) is 37.7 Å². The molecule has 0 bridgehead atoms. The number of hydrogen-bond acceptors (Lipinski definition) is 1. The minimum absolute atomic E-state index is 0.0419. The standard InChI is InChI=1S/C16H26OSi/c1-13(14-11-9-8-10-12-14)15(16(2,3)4)17-18(5,6)7/h8-12H,1-7H3/b15-13-. The summed E-state index contributed by atoms with van der Waals surface area (Å²) in [4.78, 5) is 0. The van der Waals surface area contributed by atoms with Gasteiger partial charge in [-0.15, -0.1) is 0 Å². The molecular formula is C16H26OSi. The lowest BCUT2D eigenvalue weighted by atomic mass is 9.89. The Hall–Kier alpha value is -1.02. The van der Waals surface area contributed by atoms with Gasteiger partial charge in [0.1, 0.15) is 0 Å². The van der Waals surface area contributed by atoms with E-state index in [4.69, 9.17) is 4.43 Å². The zero-order chi connectivity index (χ0) is 14.0. The molecule has 2 heteroatoms. The maximum atomic E-state index is 6.34. The second kappa shape index (κ2) is 5.31. The van der Waals surface area contributed by atoms with Gasteiger partial charge in [-0.2, -0.15) is 0 Å². The van der Waals surface area contributed by atoms with Crippen molar-refractivity contribution in [3.8, 4) is 0 Å². The van der Waals surface area contributed by atoms with Gasteiger partial charge in [-0.3, -0.25) is 0 Å². The molecule has 0 N–H and O–H groups in total. The van der Waals surface area contributed by atoms with Crippen LogP contribution in [-0.4, -0.2) is 8.32 Å². The Morgan fingerprint density at radius 2 is 1.50 bits per heavy atom. The normalized spacial score (nSPS) is 14.2. The summed E-state index contributed by atoms with van der Waals surface area (Å²) in [6.45, 7) is 15.5. The van der Waals surface area contributed by atoms with Gasteiger partial charge in [-0.1, -0.05) is 51.1 Å². The maximum Gasteiger partial charge on any atom is 0.241 e. The van der Waals surface area contributed by atoms with Crippen molar-refractivity contribution in [2.75, 3.05) is 0 Å². The van der Waals surface area contributed by atoms with Gasteiger partial charge in [0.05, 0.1) is 5.76 Å². The van der Waals surface area contributed by atoms with Crippen molar-refractivity contribution in [2.24, 2.45) is 5.41 Å². The molecule has 0 amide bonds. The summed E-state index contributed by atoms with van der Waals surface area (Å²) in [7, 11) is -1.58. The van der Waals surface area contributed by atoms with Gasteiger partial charge in [0.15, 0.2) is 0 Å². The third-order valence-electron chi connectivity index (χ3n) is 2.64. The summed E-state index contributed by atoms with van der Waals surface area (Å²) in [5.74, 6) is 1.13. The topological polar surface area (TPSA) is 9.23 Å². The molecule has 0 spiro atoms. The van der Waals surface area contributed by atoms with Crippen LogP contribution in [0.25, 0.3) is 5.57 Å². The zero-order valence-corrected chi connectivity index (χ0v) is 13.8. The summed E-state index contributed by atoms with van der Waals surface area (Å²) < 4.78 is 6.34. The fraction of sp³-hybridized carbons (Fsp3) is 0.500. The van der Waals surface area contributed by atoms with E-state index < -0.39 is 8.32 Å². The molecule has 0 aliphatic carbocycles. The fourth-order valence-corrected chi connectivity index (χ4v) is 2.99. The summed E-state index contributed by atoms with van der Waals surface area (Å²) >= 11 is 0. The minimum Gasteiger partial charge on any atom is -0.547 e. The number of rotatable bonds is 3. The quantitative estimate of drug-likeness (QED) is 0.529. The fourth-order valence-electron chi connectivity index (χ4n) is 1.92. The second-order valence-electron chi connectivity index (χ2n) is 6.78. The highest BCUT2D eigenvalue weighted by molar-refractivity contribution is 6.70. The first-order valence-electron chi connectivity index (χ1n) is 6.57.